The molecule has 2 N–H and O–H groups in total. The Bertz CT molecular complexity index is 866. The number of pyridine rings is 1. The maximum absolute atomic E-state index is 9.18. The van der Waals surface area contributed by atoms with Crippen LogP contribution >= 0.6 is 23.5 Å². The van der Waals surface area contributed by atoms with Crippen LogP contribution < -0.4 is 4.90 Å². The lowest BCUT2D eigenvalue weighted by molar-refractivity contribution is 0.281. The number of rotatable bonds is 9. The topological polar surface area (TPSA) is 56.6 Å². The van der Waals surface area contributed by atoms with Crippen molar-refractivity contribution in [1.82, 2.24) is 4.98 Å². The third-order valence-corrected chi connectivity index (χ3v) is 6.22. The molecular weight excluding hydrogens is 376 g/mol. The van der Waals surface area contributed by atoms with E-state index in [2.05, 4.69) is 59.8 Å². The van der Waals surface area contributed by atoms with Crippen molar-refractivity contribution >= 4 is 40.1 Å². The Morgan fingerprint density at radius 1 is 0.963 bits per heavy atom. The Hall–Kier alpha value is -1.73. The fraction of sp³-hybridized carbons (Fsp3) is 0.286. The van der Waals surface area contributed by atoms with Gasteiger partial charge in [-0.1, -0.05) is 18.2 Å². The highest BCUT2D eigenvalue weighted by Gasteiger charge is 2.07. The van der Waals surface area contributed by atoms with E-state index in [9.17, 15) is 10.2 Å². The number of aliphatic hydroxyl groups excluding tert-OH is 2. The third kappa shape index (κ3) is 5.17. The fourth-order valence-electron chi connectivity index (χ4n) is 2.93. The van der Waals surface area contributed by atoms with Gasteiger partial charge in [-0.2, -0.15) is 0 Å². The first-order valence-corrected chi connectivity index (χ1v) is 11.1. The van der Waals surface area contributed by atoms with Crippen molar-refractivity contribution in [1.29, 1.82) is 0 Å². The van der Waals surface area contributed by atoms with Gasteiger partial charge in [-0.15, -0.1) is 23.5 Å². The molecule has 0 bridgehead atoms. The van der Waals surface area contributed by atoms with E-state index < -0.39 is 0 Å². The zero-order valence-corrected chi connectivity index (χ0v) is 17.0. The molecule has 0 atom stereocenters. The molecule has 3 aromatic rings. The fourth-order valence-corrected chi connectivity index (χ4v) is 4.36. The zero-order chi connectivity index (χ0) is 19.1. The lowest BCUT2D eigenvalue weighted by Gasteiger charge is -2.23. The number of fused-ring (bicyclic) bond motifs is 1. The first kappa shape index (κ1) is 20.0. The maximum Gasteiger partial charge on any atom is 0.0724 e. The molecule has 0 spiro atoms. The van der Waals surface area contributed by atoms with Crippen molar-refractivity contribution in [3.63, 3.8) is 0 Å². The highest BCUT2D eigenvalue weighted by atomic mass is 32.2. The summed E-state index contributed by atoms with van der Waals surface area (Å²) in [6.07, 6.45) is 3.95. The molecule has 0 saturated heterocycles. The number of aromatic nitrogens is 1. The second-order valence-corrected chi connectivity index (χ2v) is 7.98. The van der Waals surface area contributed by atoms with Gasteiger partial charge in [0.1, 0.15) is 0 Å². The molecule has 4 nitrogen and oxygen atoms in total. The van der Waals surface area contributed by atoms with Gasteiger partial charge >= 0.3 is 0 Å². The Kier molecular flexibility index (Phi) is 7.41. The van der Waals surface area contributed by atoms with Gasteiger partial charge < -0.3 is 15.1 Å². The molecule has 2 aromatic carbocycles. The third-order valence-electron chi connectivity index (χ3n) is 4.35. The van der Waals surface area contributed by atoms with E-state index in [1.807, 2.05) is 22.9 Å². The van der Waals surface area contributed by atoms with E-state index in [-0.39, 0.29) is 13.2 Å². The number of anilines is 1. The van der Waals surface area contributed by atoms with Crippen molar-refractivity contribution in [2.75, 3.05) is 37.5 Å². The quantitative estimate of drug-likeness (QED) is 0.529. The molecule has 0 unspecified atom stereocenters. The minimum absolute atomic E-state index is 0.0744. The van der Waals surface area contributed by atoms with Gasteiger partial charge in [-0.3, -0.25) is 4.98 Å². The van der Waals surface area contributed by atoms with Crippen molar-refractivity contribution in [2.45, 2.75) is 15.5 Å². The number of benzene rings is 2. The number of thioether (sulfide) groups is 2. The predicted molar refractivity (Wildman–Crippen MR) is 116 cm³/mol. The maximum atomic E-state index is 9.18. The highest BCUT2D eigenvalue weighted by Crippen LogP contribution is 2.31. The van der Waals surface area contributed by atoms with Crippen LogP contribution in [0.4, 0.5) is 5.69 Å². The van der Waals surface area contributed by atoms with Crippen LogP contribution in [0.15, 0.2) is 64.5 Å². The second kappa shape index (κ2) is 9.99. The van der Waals surface area contributed by atoms with Gasteiger partial charge in [0.2, 0.25) is 0 Å². The normalized spacial score (nSPS) is 11.1. The van der Waals surface area contributed by atoms with E-state index in [0.29, 0.717) is 13.1 Å². The molecule has 0 fully saturated rings. The SMILES string of the molecule is CSc1ccc2c(SCc3ccc(N(CCO)CCO)cc3)ccnc2c1. The number of nitrogens with zero attached hydrogens (tertiary/aromatic N) is 2. The van der Waals surface area contributed by atoms with E-state index in [1.54, 1.807) is 11.8 Å². The van der Waals surface area contributed by atoms with Crippen molar-refractivity contribution in [3.05, 3.63) is 60.3 Å². The van der Waals surface area contributed by atoms with Gasteiger partial charge in [0.15, 0.2) is 0 Å². The molecule has 1 aromatic heterocycles. The molecule has 27 heavy (non-hydrogen) atoms. The Balaban J connectivity index is 1.71. The summed E-state index contributed by atoms with van der Waals surface area (Å²) in [7, 11) is 0. The van der Waals surface area contributed by atoms with Gasteiger partial charge in [-0.25, -0.2) is 0 Å². The molecule has 0 aliphatic heterocycles. The van der Waals surface area contributed by atoms with Crippen LogP contribution in [0, 0.1) is 0 Å². The molecule has 0 amide bonds. The van der Waals surface area contributed by atoms with Crippen LogP contribution in [-0.2, 0) is 5.75 Å². The number of hydrogen-bond acceptors (Lipinski definition) is 6. The summed E-state index contributed by atoms with van der Waals surface area (Å²) in [5.74, 6) is 0.879. The summed E-state index contributed by atoms with van der Waals surface area (Å²) in [5.41, 5.74) is 3.29. The Labute approximate surface area is 168 Å². The molecule has 0 saturated carbocycles. The molecule has 1 heterocycles. The largest absolute Gasteiger partial charge is 0.395 e. The minimum atomic E-state index is 0.0744. The number of hydrogen-bond donors (Lipinski definition) is 2. The first-order valence-electron chi connectivity index (χ1n) is 8.86. The van der Waals surface area contributed by atoms with Crippen LogP contribution in [0.25, 0.3) is 10.9 Å². The van der Waals surface area contributed by atoms with Crippen molar-refractivity contribution in [3.8, 4) is 0 Å². The standard InChI is InChI=1S/C21H24N2O2S2/c1-26-18-6-7-19-20(14-18)22-9-8-21(19)27-15-16-2-4-17(5-3-16)23(10-12-24)11-13-25/h2-9,14,24-25H,10-13,15H2,1H3. The Morgan fingerprint density at radius 3 is 2.37 bits per heavy atom. The van der Waals surface area contributed by atoms with Crippen LogP contribution in [0.1, 0.15) is 5.56 Å². The van der Waals surface area contributed by atoms with Crippen LogP contribution in [0.2, 0.25) is 0 Å². The van der Waals surface area contributed by atoms with E-state index in [0.717, 1.165) is 17.0 Å². The second-order valence-electron chi connectivity index (χ2n) is 6.08. The lowest BCUT2D eigenvalue weighted by Crippen LogP contribution is -2.29. The summed E-state index contributed by atoms with van der Waals surface area (Å²) >= 11 is 3.54. The molecule has 0 aliphatic carbocycles. The monoisotopic (exact) mass is 400 g/mol. The molecule has 0 aliphatic rings. The lowest BCUT2D eigenvalue weighted by atomic mass is 10.2. The Morgan fingerprint density at radius 2 is 1.70 bits per heavy atom. The molecular formula is C21H24N2O2S2. The van der Waals surface area contributed by atoms with Crippen LogP contribution in [0.5, 0.6) is 0 Å². The van der Waals surface area contributed by atoms with Gasteiger partial charge in [0, 0.05) is 45.9 Å². The molecule has 6 heteroatoms. The van der Waals surface area contributed by atoms with Crippen LogP contribution in [0.3, 0.4) is 0 Å². The minimum Gasteiger partial charge on any atom is -0.395 e. The molecule has 3 rings (SSSR count). The van der Waals surface area contributed by atoms with Crippen molar-refractivity contribution < 1.29 is 10.2 Å². The highest BCUT2D eigenvalue weighted by molar-refractivity contribution is 7.99. The van der Waals surface area contributed by atoms with E-state index >= 15 is 0 Å². The van der Waals surface area contributed by atoms with Crippen molar-refractivity contribution in [2.24, 2.45) is 0 Å². The van der Waals surface area contributed by atoms with Gasteiger partial charge in [0.25, 0.3) is 0 Å². The summed E-state index contributed by atoms with van der Waals surface area (Å²) in [6, 6.07) is 16.8. The molecule has 0 radical (unpaired) electrons. The first-order chi connectivity index (χ1) is 13.2. The van der Waals surface area contributed by atoms with E-state index in [4.69, 9.17) is 0 Å². The summed E-state index contributed by atoms with van der Waals surface area (Å²) in [6.45, 7) is 1.20. The summed E-state index contributed by atoms with van der Waals surface area (Å²) in [4.78, 5) is 8.94. The average molecular weight is 401 g/mol. The zero-order valence-electron chi connectivity index (χ0n) is 15.3. The average Bonchev–Trinajstić information content (AvgIpc) is 2.72. The van der Waals surface area contributed by atoms with E-state index in [1.165, 1.54) is 20.7 Å². The van der Waals surface area contributed by atoms with Gasteiger partial charge in [0.05, 0.1) is 18.7 Å². The predicted octanol–water partition coefficient (Wildman–Crippen LogP) is 4.04. The number of aliphatic hydroxyl groups is 2. The summed E-state index contributed by atoms with van der Waals surface area (Å²) in [5, 5.41) is 19.5. The summed E-state index contributed by atoms with van der Waals surface area (Å²) < 4.78 is 0. The molecule has 142 valence electrons. The van der Waals surface area contributed by atoms with Gasteiger partial charge in [-0.05, 0) is 42.2 Å². The smallest absolute Gasteiger partial charge is 0.0724 e. The van der Waals surface area contributed by atoms with Crippen LogP contribution in [-0.4, -0.2) is 47.8 Å².